The second-order valence-corrected chi connectivity index (χ2v) is 4.94. The molecular weight excluding hydrogens is 262 g/mol. The van der Waals surface area contributed by atoms with E-state index in [9.17, 15) is 0 Å². The highest BCUT2D eigenvalue weighted by Crippen LogP contribution is 2.27. The van der Waals surface area contributed by atoms with E-state index in [1.54, 1.807) is 17.2 Å². The van der Waals surface area contributed by atoms with Crippen LogP contribution in [0.5, 0.6) is 0 Å². The molecule has 4 heteroatoms. The maximum atomic E-state index is 6.18. The van der Waals surface area contributed by atoms with E-state index >= 15 is 0 Å². The van der Waals surface area contributed by atoms with Gasteiger partial charge in [0.15, 0.2) is 0 Å². The molecule has 0 aliphatic heterocycles. The lowest BCUT2D eigenvalue weighted by Gasteiger charge is -2.29. The van der Waals surface area contributed by atoms with E-state index in [2.05, 4.69) is 10.2 Å². The van der Waals surface area contributed by atoms with Gasteiger partial charge in [-0.1, -0.05) is 60.7 Å². The molecule has 2 aromatic carbocycles. The predicted octanol–water partition coefficient (Wildman–Crippen LogP) is 3.22. The molecule has 1 unspecified atom stereocenters. The highest BCUT2D eigenvalue weighted by Gasteiger charge is 2.31. The van der Waals surface area contributed by atoms with Crippen LogP contribution in [0.4, 0.5) is 0 Å². The summed E-state index contributed by atoms with van der Waals surface area (Å²) < 4.78 is 6.18. The first kappa shape index (κ1) is 13.5. The lowest BCUT2D eigenvalue weighted by atomic mass is 10.1. The average Bonchev–Trinajstić information content (AvgIpc) is 3.09. The van der Waals surface area contributed by atoms with Crippen molar-refractivity contribution in [3.05, 3.63) is 84.2 Å². The molecule has 0 saturated carbocycles. The lowest BCUT2D eigenvalue weighted by Crippen LogP contribution is -2.36. The zero-order valence-electron chi connectivity index (χ0n) is 11.9. The van der Waals surface area contributed by atoms with Crippen molar-refractivity contribution in [3.8, 4) is 0 Å². The lowest BCUT2D eigenvalue weighted by molar-refractivity contribution is -0.0881. The third-order valence-electron chi connectivity index (χ3n) is 3.47. The molecule has 106 valence electrons. The van der Waals surface area contributed by atoms with Crippen LogP contribution in [0.2, 0.25) is 0 Å². The van der Waals surface area contributed by atoms with Crippen molar-refractivity contribution in [2.24, 2.45) is 0 Å². The molecule has 1 atom stereocenters. The van der Waals surface area contributed by atoms with Crippen molar-refractivity contribution in [1.82, 2.24) is 15.0 Å². The Morgan fingerprint density at radius 2 is 1.48 bits per heavy atom. The van der Waals surface area contributed by atoms with Crippen LogP contribution in [0.15, 0.2) is 73.1 Å². The molecular formula is C17H17N3O. The Morgan fingerprint density at radius 1 is 0.905 bits per heavy atom. The number of nitrogens with zero attached hydrogens (tertiary/aromatic N) is 3. The van der Waals surface area contributed by atoms with Crippen LogP contribution < -0.4 is 0 Å². The number of aromatic nitrogens is 3. The van der Waals surface area contributed by atoms with Crippen LogP contribution >= 0.6 is 0 Å². The molecule has 0 aliphatic rings. The van der Waals surface area contributed by atoms with Crippen LogP contribution in [0.25, 0.3) is 0 Å². The summed E-state index contributed by atoms with van der Waals surface area (Å²) in [5.41, 5.74) is 1.39. The van der Waals surface area contributed by atoms with Crippen LogP contribution in [0.1, 0.15) is 18.1 Å². The van der Waals surface area contributed by atoms with E-state index < -0.39 is 5.72 Å². The van der Waals surface area contributed by atoms with Gasteiger partial charge in [0.25, 0.3) is 0 Å². The summed E-state index contributed by atoms with van der Waals surface area (Å²) >= 11 is 0. The van der Waals surface area contributed by atoms with Gasteiger partial charge in [-0.05, 0) is 12.5 Å². The average molecular weight is 279 g/mol. The highest BCUT2D eigenvalue weighted by molar-refractivity contribution is 5.22. The van der Waals surface area contributed by atoms with Gasteiger partial charge in [0.05, 0.1) is 19.0 Å². The van der Waals surface area contributed by atoms with Gasteiger partial charge in [-0.15, -0.1) is 4.80 Å². The molecule has 0 saturated heterocycles. The second kappa shape index (κ2) is 5.89. The summed E-state index contributed by atoms with van der Waals surface area (Å²) in [6, 6.07) is 20.1. The number of ether oxygens (including phenoxy) is 1. The van der Waals surface area contributed by atoms with Gasteiger partial charge in [-0.2, -0.15) is 10.2 Å². The summed E-state index contributed by atoms with van der Waals surface area (Å²) in [5, 5.41) is 8.52. The number of hydrogen-bond acceptors (Lipinski definition) is 3. The number of benzene rings is 2. The van der Waals surface area contributed by atoms with E-state index in [1.807, 2.05) is 67.6 Å². The summed E-state index contributed by atoms with van der Waals surface area (Å²) in [6.07, 6.45) is 3.32. The number of hydrogen-bond donors (Lipinski definition) is 0. The van der Waals surface area contributed by atoms with Crippen LogP contribution in [-0.4, -0.2) is 15.0 Å². The van der Waals surface area contributed by atoms with Gasteiger partial charge >= 0.3 is 0 Å². The fourth-order valence-electron chi connectivity index (χ4n) is 2.24. The fraction of sp³-hybridized carbons (Fsp3) is 0.176. The predicted molar refractivity (Wildman–Crippen MR) is 80.4 cm³/mol. The van der Waals surface area contributed by atoms with Gasteiger partial charge in [0, 0.05) is 5.56 Å². The molecule has 3 aromatic rings. The van der Waals surface area contributed by atoms with E-state index in [-0.39, 0.29) is 0 Å². The molecule has 0 spiro atoms. The number of rotatable bonds is 5. The fourth-order valence-corrected chi connectivity index (χ4v) is 2.24. The Hall–Kier alpha value is -2.46. The van der Waals surface area contributed by atoms with Crippen LogP contribution in [-0.2, 0) is 17.1 Å². The first-order chi connectivity index (χ1) is 10.3. The van der Waals surface area contributed by atoms with E-state index in [4.69, 9.17) is 4.74 Å². The molecule has 0 N–H and O–H groups in total. The normalized spacial score (nSPS) is 13.8. The Bertz CT molecular complexity index is 668. The molecule has 1 aromatic heterocycles. The SMILES string of the molecule is CC(OCc1ccccc1)(c1ccccc1)n1nccn1. The molecule has 0 fully saturated rings. The topological polar surface area (TPSA) is 39.9 Å². The molecule has 0 amide bonds. The van der Waals surface area contributed by atoms with Gasteiger partial charge in [-0.25, -0.2) is 0 Å². The molecule has 3 rings (SSSR count). The maximum Gasteiger partial charge on any atom is 0.202 e. The summed E-state index contributed by atoms with van der Waals surface area (Å²) in [6.45, 7) is 2.47. The van der Waals surface area contributed by atoms with Gasteiger partial charge in [-0.3, -0.25) is 0 Å². The first-order valence-electron chi connectivity index (χ1n) is 6.89. The zero-order chi connectivity index (χ0) is 14.5. The van der Waals surface area contributed by atoms with Crippen LogP contribution in [0.3, 0.4) is 0 Å². The minimum atomic E-state index is -0.736. The Balaban J connectivity index is 1.90. The zero-order valence-corrected chi connectivity index (χ0v) is 11.9. The van der Waals surface area contributed by atoms with E-state index in [0.29, 0.717) is 6.61 Å². The maximum absolute atomic E-state index is 6.18. The van der Waals surface area contributed by atoms with E-state index in [1.165, 1.54) is 0 Å². The van der Waals surface area contributed by atoms with Crippen LogP contribution in [0, 0.1) is 0 Å². The third kappa shape index (κ3) is 2.85. The highest BCUT2D eigenvalue weighted by atomic mass is 16.5. The molecule has 21 heavy (non-hydrogen) atoms. The second-order valence-electron chi connectivity index (χ2n) is 4.94. The summed E-state index contributed by atoms with van der Waals surface area (Å²) in [7, 11) is 0. The Labute approximate surface area is 124 Å². The summed E-state index contributed by atoms with van der Waals surface area (Å²) in [5.74, 6) is 0. The van der Waals surface area contributed by atoms with E-state index in [0.717, 1.165) is 11.1 Å². The van der Waals surface area contributed by atoms with Crippen molar-refractivity contribution in [3.63, 3.8) is 0 Å². The minimum absolute atomic E-state index is 0.494. The molecule has 0 aliphatic carbocycles. The van der Waals surface area contributed by atoms with Crippen molar-refractivity contribution < 1.29 is 4.74 Å². The molecule has 4 nitrogen and oxygen atoms in total. The quantitative estimate of drug-likeness (QED) is 0.720. The Morgan fingerprint density at radius 3 is 2.10 bits per heavy atom. The van der Waals surface area contributed by atoms with Crippen molar-refractivity contribution >= 4 is 0 Å². The summed E-state index contributed by atoms with van der Waals surface area (Å²) in [4.78, 5) is 1.60. The smallest absolute Gasteiger partial charge is 0.202 e. The molecule has 0 radical (unpaired) electrons. The molecule has 0 bridgehead atoms. The third-order valence-corrected chi connectivity index (χ3v) is 3.47. The Kier molecular flexibility index (Phi) is 3.79. The van der Waals surface area contributed by atoms with Crippen molar-refractivity contribution in [2.45, 2.75) is 19.3 Å². The van der Waals surface area contributed by atoms with Gasteiger partial charge in [0.1, 0.15) is 0 Å². The molecule has 1 heterocycles. The van der Waals surface area contributed by atoms with Crippen molar-refractivity contribution in [2.75, 3.05) is 0 Å². The minimum Gasteiger partial charge on any atom is -0.344 e. The van der Waals surface area contributed by atoms with Gasteiger partial charge in [0.2, 0.25) is 5.72 Å². The first-order valence-corrected chi connectivity index (χ1v) is 6.89. The van der Waals surface area contributed by atoms with Crippen molar-refractivity contribution in [1.29, 1.82) is 0 Å². The largest absolute Gasteiger partial charge is 0.344 e. The monoisotopic (exact) mass is 279 g/mol. The standard InChI is InChI=1S/C17H17N3O/c1-17(20-18-12-13-19-20,16-10-6-3-7-11-16)21-14-15-8-4-2-5-9-15/h2-13H,14H2,1H3. The van der Waals surface area contributed by atoms with Gasteiger partial charge < -0.3 is 4.74 Å².